The molecule has 3 rings (SSSR count). The van der Waals surface area contributed by atoms with Crippen LogP contribution in [0.25, 0.3) is 0 Å². The Balaban J connectivity index is 1.37. The summed E-state index contributed by atoms with van der Waals surface area (Å²) >= 11 is 0. The van der Waals surface area contributed by atoms with Crippen LogP contribution in [-0.2, 0) is 16.2 Å². The van der Waals surface area contributed by atoms with Crippen molar-refractivity contribution in [1.29, 1.82) is 0 Å². The topological polar surface area (TPSA) is 64.6 Å². The number of ether oxygens (including phenoxy) is 2. The third-order valence-electron chi connectivity index (χ3n) is 4.41. The number of rotatable bonds is 10. The molecular weight excluding hydrogens is 378 g/mol. The summed E-state index contributed by atoms with van der Waals surface area (Å²) in [6, 6.07) is 24.6. The molecule has 1 amide bonds. The third kappa shape index (κ3) is 7.09. The van der Waals surface area contributed by atoms with Gasteiger partial charge in [0.25, 0.3) is 0 Å². The van der Waals surface area contributed by atoms with Crippen molar-refractivity contribution in [2.75, 3.05) is 11.9 Å². The Bertz CT molecular complexity index is 968. The van der Waals surface area contributed by atoms with E-state index in [0.29, 0.717) is 18.0 Å². The fraction of sp³-hybridized carbons (Fsp3) is 0.200. The van der Waals surface area contributed by atoms with Crippen LogP contribution in [0.5, 0.6) is 11.5 Å². The van der Waals surface area contributed by atoms with Crippen LogP contribution in [0.1, 0.15) is 24.0 Å². The Labute approximate surface area is 176 Å². The quantitative estimate of drug-likeness (QED) is 0.521. The molecule has 0 radical (unpaired) electrons. The molecule has 3 aromatic rings. The van der Waals surface area contributed by atoms with Crippen molar-refractivity contribution >= 4 is 17.4 Å². The van der Waals surface area contributed by atoms with E-state index in [1.54, 1.807) is 30.3 Å². The van der Waals surface area contributed by atoms with Gasteiger partial charge in [0.15, 0.2) is 5.78 Å². The zero-order valence-electron chi connectivity index (χ0n) is 17.0. The summed E-state index contributed by atoms with van der Waals surface area (Å²) in [6.07, 6.45) is 0.248. The van der Waals surface area contributed by atoms with E-state index in [1.165, 1.54) is 0 Å². The van der Waals surface area contributed by atoms with Gasteiger partial charge in [-0.25, -0.2) is 0 Å². The Morgan fingerprint density at radius 1 is 0.800 bits per heavy atom. The monoisotopic (exact) mass is 403 g/mol. The Hall–Kier alpha value is -3.60. The van der Waals surface area contributed by atoms with Crippen LogP contribution in [0.2, 0.25) is 0 Å². The van der Waals surface area contributed by atoms with Gasteiger partial charge in [0.2, 0.25) is 5.91 Å². The molecule has 5 heteroatoms. The third-order valence-corrected chi connectivity index (χ3v) is 4.41. The van der Waals surface area contributed by atoms with Crippen molar-refractivity contribution in [3.8, 4) is 11.5 Å². The molecule has 0 saturated carbocycles. The summed E-state index contributed by atoms with van der Waals surface area (Å²) in [4.78, 5) is 24.1. The summed E-state index contributed by atoms with van der Waals surface area (Å²) in [5, 5.41) is 2.79. The largest absolute Gasteiger partial charge is 0.489 e. The van der Waals surface area contributed by atoms with Crippen LogP contribution in [0.15, 0.2) is 78.9 Å². The number of amides is 1. The molecule has 0 aliphatic rings. The first-order chi connectivity index (χ1) is 14.6. The number of benzene rings is 3. The number of anilines is 1. The lowest BCUT2D eigenvalue weighted by molar-refractivity contribution is -0.124. The molecule has 0 heterocycles. The van der Waals surface area contributed by atoms with Crippen LogP contribution in [0.3, 0.4) is 0 Å². The van der Waals surface area contributed by atoms with Crippen LogP contribution in [0.4, 0.5) is 5.69 Å². The molecule has 0 saturated heterocycles. The highest BCUT2D eigenvalue weighted by atomic mass is 16.5. The van der Waals surface area contributed by atoms with Crippen LogP contribution in [-0.4, -0.2) is 18.3 Å². The van der Waals surface area contributed by atoms with Crippen LogP contribution < -0.4 is 14.8 Å². The Kier molecular flexibility index (Phi) is 7.61. The first-order valence-electron chi connectivity index (χ1n) is 9.86. The lowest BCUT2D eigenvalue weighted by atomic mass is 10.2. The molecule has 0 aromatic heterocycles. The van der Waals surface area contributed by atoms with Crippen molar-refractivity contribution in [1.82, 2.24) is 0 Å². The second kappa shape index (κ2) is 10.8. The molecule has 154 valence electrons. The molecule has 0 unspecified atom stereocenters. The van der Waals surface area contributed by atoms with E-state index in [2.05, 4.69) is 5.32 Å². The fourth-order valence-corrected chi connectivity index (χ4v) is 2.79. The van der Waals surface area contributed by atoms with Gasteiger partial charge in [0, 0.05) is 18.5 Å². The van der Waals surface area contributed by atoms with Gasteiger partial charge in [-0.05, 0) is 54.4 Å². The average Bonchev–Trinajstić information content (AvgIpc) is 2.76. The minimum absolute atomic E-state index is 0.0375. The van der Waals surface area contributed by atoms with Crippen molar-refractivity contribution in [3.05, 3.63) is 90.0 Å². The first-order valence-corrected chi connectivity index (χ1v) is 9.86. The van der Waals surface area contributed by atoms with E-state index in [1.807, 2.05) is 55.5 Å². The van der Waals surface area contributed by atoms with Gasteiger partial charge in [-0.2, -0.15) is 0 Å². The van der Waals surface area contributed by atoms with Gasteiger partial charge in [0.05, 0.1) is 0 Å². The smallest absolute Gasteiger partial charge is 0.224 e. The summed E-state index contributed by atoms with van der Waals surface area (Å²) in [5.41, 5.74) is 2.82. The number of carbonyl (C=O) groups excluding carboxylic acids is 2. The summed E-state index contributed by atoms with van der Waals surface area (Å²) in [7, 11) is 0. The molecule has 0 aliphatic heterocycles. The molecule has 1 N–H and O–H groups in total. The SMILES string of the molecule is Cc1cccc(OCC(=O)CCC(=O)Nc2ccc(OCc3ccccc3)cc2)c1. The van der Waals surface area contributed by atoms with E-state index in [-0.39, 0.29) is 31.1 Å². The maximum absolute atomic E-state index is 12.1. The zero-order valence-corrected chi connectivity index (χ0v) is 17.0. The second-order valence-electron chi connectivity index (χ2n) is 6.99. The van der Waals surface area contributed by atoms with Gasteiger partial charge in [0.1, 0.15) is 24.7 Å². The molecule has 3 aromatic carbocycles. The highest BCUT2D eigenvalue weighted by Crippen LogP contribution is 2.17. The fourth-order valence-electron chi connectivity index (χ4n) is 2.79. The van der Waals surface area contributed by atoms with Crippen LogP contribution >= 0.6 is 0 Å². The van der Waals surface area contributed by atoms with E-state index >= 15 is 0 Å². The van der Waals surface area contributed by atoms with Gasteiger partial charge >= 0.3 is 0 Å². The lowest BCUT2D eigenvalue weighted by Crippen LogP contribution is -2.16. The predicted molar refractivity (Wildman–Crippen MR) is 117 cm³/mol. The maximum Gasteiger partial charge on any atom is 0.224 e. The first kappa shape index (κ1) is 21.1. The van der Waals surface area contributed by atoms with Gasteiger partial charge in [-0.3, -0.25) is 9.59 Å². The number of aryl methyl sites for hydroxylation is 1. The Morgan fingerprint density at radius 3 is 2.30 bits per heavy atom. The van der Waals surface area contributed by atoms with Gasteiger partial charge in [-0.1, -0.05) is 42.5 Å². The molecule has 0 fully saturated rings. The van der Waals surface area contributed by atoms with Crippen molar-refractivity contribution in [3.63, 3.8) is 0 Å². The molecule has 5 nitrogen and oxygen atoms in total. The van der Waals surface area contributed by atoms with E-state index in [4.69, 9.17) is 9.47 Å². The standard InChI is InChI=1S/C25H25NO4/c1-19-6-5-9-24(16-19)30-18-22(27)12-15-25(28)26-21-10-13-23(14-11-21)29-17-20-7-3-2-4-8-20/h2-11,13-14,16H,12,15,17-18H2,1H3,(H,26,28). The van der Waals surface area contributed by atoms with Gasteiger partial charge in [-0.15, -0.1) is 0 Å². The number of nitrogens with one attached hydrogen (secondary N) is 1. The normalized spacial score (nSPS) is 10.3. The minimum Gasteiger partial charge on any atom is -0.489 e. The van der Waals surface area contributed by atoms with E-state index in [9.17, 15) is 9.59 Å². The molecular formula is C25H25NO4. The van der Waals surface area contributed by atoms with Crippen LogP contribution in [0, 0.1) is 6.92 Å². The van der Waals surface area contributed by atoms with E-state index in [0.717, 1.165) is 16.9 Å². The molecule has 30 heavy (non-hydrogen) atoms. The second-order valence-corrected chi connectivity index (χ2v) is 6.99. The maximum atomic E-state index is 12.1. The van der Waals surface area contributed by atoms with E-state index < -0.39 is 0 Å². The number of Topliss-reactive ketones (excluding diaryl/α,β-unsaturated/α-hetero) is 1. The van der Waals surface area contributed by atoms with Crippen molar-refractivity contribution in [2.24, 2.45) is 0 Å². The molecule has 0 atom stereocenters. The van der Waals surface area contributed by atoms with Crippen molar-refractivity contribution < 1.29 is 19.1 Å². The summed E-state index contributed by atoms with van der Waals surface area (Å²) in [6.45, 7) is 2.41. The molecule has 0 aliphatic carbocycles. The number of hydrogen-bond acceptors (Lipinski definition) is 4. The lowest BCUT2D eigenvalue weighted by Gasteiger charge is -2.09. The molecule has 0 bridgehead atoms. The zero-order chi connectivity index (χ0) is 21.2. The highest BCUT2D eigenvalue weighted by Gasteiger charge is 2.09. The minimum atomic E-state index is -0.211. The average molecular weight is 403 g/mol. The predicted octanol–water partition coefficient (Wildman–Crippen LogP) is 4.94. The molecule has 0 spiro atoms. The summed E-state index contributed by atoms with van der Waals surface area (Å²) in [5.74, 6) is 1.05. The Morgan fingerprint density at radius 2 is 1.57 bits per heavy atom. The summed E-state index contributed by atoms with van der Waals surface area (Å²) < 4.78 is 11.2. The highest BCUT2D eigenvalue weighted by molar-refractivity contribution is 5.93. The number of carbonyl (C=O) groups is 2. The number of hydrogen-bond donors (Lipinski definition) is 1. The van der Waals surface area contributed by atoms with Gasteiger partial charge < -0.3 is 14.8 Å². The van der Waals surface area contributed by atoms with Crippen molar-refractivity contribution in [2.45, 2.75) is 26.4 Å². The number of ketones is 1.